The van der Waals surface area contributed by atoms with Crippen LogP contribution in [0.25, 0.3) is 0 Å². The summed E-state index contributed by atoms with van der Waals surface area (Å²) in [6.07, 6.45) is -6.82. The Morgan fingerprint density at radius 3 is 2.42 bits per heavy atom. The van der Waals surface area contributed by atoms with Crippen LogP contribution in [0.5, 0.6) is 0 Å². The molecule has 0 aromatic heterocycles. The number of aliphatic hydroxyl groups excluding tert-OH is 2. The predicted molar refractivity (Wildman–Crippen MR) is 123 cm³/mol. The molecular formula is C19H31N6O10P. The van der Waals surface area contributed by atoms with Gasteiger partial charge in [0.15, 0.2) is 17.8 Å². The van der Waals surface area contributed by atoms with Gasteiger partial charge in [-0.3, -0.25) is 10.2 Å². The van der Waals surface area contributed by atoms with Gasteiger partial charge in [0.2, 0.25) is 0 Å². The number of carbonyl (C=O) groups excluding carboxylic acids is 2. The van der Waals surface area contributed by atoms with Gasteiger partial charge in [0.25, 0.3) is 5.91 Å². The summed E-state index contributed by atoms with van der Waals surface area (Å²) in [5, 5.41) is 48.6. The second kappa shape index (κ2) is 14.6. The third-order valence-corrected chi connectivity index (χ3v) is 5.67. The molecule has 1 fully saturated rings. The predicted octanol–water partition coefficient (Wildman–Crippen LogP) is -3.07. The van der Waals surface area contributed by atoms with Crippen molar-refractivity contribution in [3.05, 3.63) is 11.4 Å². The maximum Gasteiger partial charge on any atom is 0.358 e. The number of amides is 1. The largest absolute Gasteiger partial charge is 0.479 e. The fourth-order valence-electron chi connectivity index (χ4n) is 2.74. The van der Waals surface area contributed by atoms with E-state index in [9.17, 15) is 29.7 Å². The van der Waals surface area contributed by atoms with E-state index in [2.05, 4.69) is 10.1 Å². The van der Waals surface area contributed by atoms with Crippen LogP contribution in [-0.4, -0.2) is 94.6 Å². The van der Waals surface area contributed by atoms with Crippen LogP contribution in [0.15, 0.2) is 11.4 Å². The number of carbonyl (C=O) groups is 3. The second-order valence-corrected chi connectivity index (χ2v) is 8.59. The summed E-state index contributed by atoms with van der Waals surface area (Å²) in [4.78, 5) is 35.4. The third kappa shape index (κ3) is 8.95. The van der Waals surface area contributed by atoms with E-state index >= 15 is 0 Å². The van der Waals surface area contributed by atoms with Crippen molar-refractivity contribution in [3.8, 4) is 6.07 Å². The molecule has 1 saturated heterocycles. The first-order valence-electron chi connectivity index (χ1n) is 10.6. The van der Waals surface area contributed by atoms with E-state index in [-0.39, 0.29) is 19.1 Å². The molecule has 0 radical (unpaired) electrons. The monoisotopic (exact) mass is 534 g/mol. The van der Waals surface area contributed by atoms with Crippen LogP contribution in [0, 0.1) is 16.7 Å². The number of nitrogens with zero attached hydrogens (tertiary/aromatic N) is 1. The Balaban J connectivity index is 2.75. The summed E-state index contributed by atoms with van der Waals surface area (Å²) in [5.74, 6) is -5.13. The number of carboxylic acids is 1. The molecule has 1 rings (SSSR count). The van der Waals surface area contributed by atoms with Crippen molar-refractivity contribution < 1.29 is 48.4 Å². The van der Waals surface area contributed by atoms with Gasteiger partial charge in [-0.15, -0.1) is 0 Å². The Morgan fingerprint density at radius 2 is 1.89 bits per heavy atom. The van der Waals surface area contributed by atoms with Crippen molar-refractivity contribution in [2.24, 2.45) is 17.2 Å². The highest BCUT2D eigenvalue weighted by Crippen LogP contribution is 2.27. The molecule has 1 amide bonds. The van der Waals surface area contributed by atoms with Crippen LogP contribution in [-0.2, 0) is 33.1 Å². The zero-order chi connectivity index (χ0) is 27.6. The summed E-state index contributed by atoms with van der Waals surface area (Å²) >= 11 is 0. The van der Waals surface area contributed by atoms with Crippen molar-refractivity contribution in [2.45, 2.75) is 62.8 Å². The van der Waals surface area contributed by atoms with E-state index in [0.717, 1.165) is 0 Å². The van der Waals surface area contributed by atoms with E-state index in [1.54, 1.807) is 6.92 Å². The van der Waals surface area contributed by atoms with E-state index in [4.69, 9.17) is 41.9 Å². The van der Waals surface area contributed by atoms with Gasteiger partial charge in [-0.25, -0.2) is 9.59 Å². The van der Waals surface area contributed by atoms with Crippen LogP contribution in [0.1, 0.15) is 20.3 Å². The van der Waals surface area contributed by atoms with E-state index in [1.165, 1.54) is 6.92 Å². The third-order valence-electron chi connectivity index (χ3n) is 4.62. The van der Waals surface area contributed by atoms with Crippen molar-refractivity contribution in [3.63, 3.8) is 0 Å². The second-order valence-electron chi connectivity index (χ2n) is 7.59. The lowest BCUT2D eigenvalue weighted by atomic mass is 10.1. The van der Waals surface area contributed by atoms with Gasteiger partial charge in [0, 0.05) is 12.5 Å². The molecule has 0 bridgehead atoms. The Hall–Kier alpha value is -2.90. The number of nitriles is 1. The summed E-state index contributed by atoms with van der Waals surface area (Å²) in [5.41, 5.74) is 14.5. The highest BCUT2D eigenvalue weighted by molar-refractivity contribution is 7.34. The number of carboxylic acid groups (broad SMARTS) is 1. The Morgan fingerprint density at radius 1 is 1.25 bits per heavy atom. The molecule has 8 unspecified atom stereocenters. The number of aliphatic hydroxyl groups is 2. The van der Waals surface area contributed by atoms with Gasteiger partial charge >= 0.3 is 11.9 Å². The molecule has 1 heterocycles. The van der Waals surface area contributed by atoms with Gasteiger partial charge in [-0.1, -0.05) is 0 Å². The number of nitrogens with two attached hydrogens (primary N) is 3. The lowest BCUT2D eigenvalue weighted by Crippen LogP contribution is -2.46. The Bertz CT molecular complexity index is 894. The van der Waals surface area contributed by atoms with Gasteiger partial charge in [-0.2, -0.15) is 5.26 Å². The van der Waals surface area contributed by atoms with E-state index < -0.39 is 86.9 Å². The highest BCUT2D eigenvalue weighted by atomic mass is 31.1. The Labute approximate surface area is 208 Å². The van der Waals surface area contributed by atoms with Crippen molar-refractivity contribution in [2.75, 3.05) is 13.2 Å². The number of hydrogen-bond donors (Lipinski definition) is 8. The minimum Gasteiger partial charge on any atom is -0.479 e. The van der Waals surface area contributed by atoms with Gasteiger partial charge in [0.1, 0.15) is 30.1 Å². The normalized spacial score (nSPS) is 24.9. The molecule has 0 aromatic carbocycles. The first-order valence-corrected chi connectivity index (χ1v) is 11.6. The summed E-state index contributed by atoms with van der Waals surface area (Å²) in [7, 11) is -0.786. The zero-order valence-corrected chi connectivity index (χ0v) is 20.5. The van der Waals surface area contributed by atoms with Gasteiger partial charge < -0.3 is 56.6 Å². The van der Waals surface area contributed by atoms with E-state index in [0.29, 0.717) is 0 Å². The molecule has 1 aliphatic heterocycles. The summed E-state index contributed by atoms with van der Waals surface area (Å²) < 4.78 is 20.4. The quantitative estimate of drug-likeness (QED) is 0.0475. The summed E-state index contributed by atoms with van der Waals surface area (Å²) in [6, 6.07) is 1.50. The SMILES string of the molecule is CCOC(=O)C(=N)/C(N)=C(\N)C(=O)NC1OC(COC(POC(C#N)CC(C)N)C(=O)O)C(O)C1O. The topological polar surface area (TPSA) is 287 Å². The van der Waals surface area contributed by atoms with E-state index in [1.807, 2.05) is 6.07 Å². The molecule has 1 aliphatic rings. The fraction of sp³-hybridized carbons (Fsp3) is 0.632. The zero-order valence-electron chi connectivity index (χ0n) is 19.5. The molecule has 16 nitrogen and oxygen atoms in total. The van der Waals surface area contributed by atoms with Crippen molar-refractivity contribution >= 4 is 32.4 Å². The smallest absolute Gasteiger partial charge is 0.358 e. The van der Waals surface area contributed by atoms with Crippen molar-refractivity contribution in [1.29, 1.82) is 10.7 Å². The lowest BCUT2D eigenvalue weighted by Gasteiger charge is -2.20. The molecule has 202 valence electrons. The first kappa shape index (κ1) is 31.1. The van der Waals surface area contributed by atoms with Crippen molar-refractivity contribution in [1.82, 2.24) is 5.32 Å². The van der Waals surface area contributed by atoms with Gasteiger partial charge in [0.05, 0.1) is 33.8 Å². The number of nitrogens with one attached hydrogen (secondary N) is 2. The number of esters is 1. The number of ether oxygens (including phenoxy) is 3. The molecular weight excluding hydrogens is 503 g/mol. The average molecular weight is 534 g/mol. The molecule has 0 spiro atoms. The van der Waals surface area contributed by atoms with Gasteiger partial charge in [-0.05, 0) is 13.8 Å². The molecule has 11 N–H and O–H groups in total. The standard InChI is InChI=1S/C19H31N6O10P/c1-3-32-18(31)12(24)10(22)11(23)15(28)25-16-14(27)13(26)9(34-16)6-33-19(17(29)30)36-35-8(5-20)4-7(2)21/h7-9,13-14,16,19,24,26-27,36H,3-4,6,21-23H2,1-2H3,(H,25,28)(H,29,30)/b11-10+,24-12?. The molecule has 36 heavy (non-hydrogen) atoms. The molecule has 0 aliphatic carbocycles. The fourth-order valence-corrected chi connectivity index (χ4v) is 3.44. The number of hydrogen-bond acceptors (Lipinski definition) is 14. The minimum absolute atomic E-state index is 0.0365. The Kier molecular flexibility index (Phi) is 12.6. The van der Waals surface area contributed by atoms with Crippen LogP contribution < -0.4 is 22.5 Å². The summed E-state index contributed by atoms with van der Waals surface area (Å²) in [6.45, 7) is 2.60. The highest BCUT2D eigenvalue weighted by Gasteiger charge is 2.44. The molecule has 0 saturated carbocycles. The van der Waals surface area contributed by atoms with Crippen LogP contribution in [0.3, 0.4) is 0 Å². The lowest BCUT2D eigenvalue weighted by molar-refractivity contribution is -0.148. The number of aliphatic carboxylic acids is 1. The molecule has 17 heteroatoms. The minimum atomic E-state index is -1.67. The maximum atomic E-state index is 12.3. The molecule has 8 atom stereocenters. The molecule has 0 aromatic rings. The van der Waals surface area contributed by atoms with Crippen LogP contribution in [0.4, 0.5) is 0 Å². The average Bonchev–Trinajstić information content (AvgIpc) is 3.08. The van der Waals surface area contributed by atoms with Crippen LogP contribution >= 0.6 is 8.81 Å². The first-order chi connectivity index (χ1) is 16.8. The maximum absolute atomic E-state index is 12.3. The van der Waals surface area contributed by atoms with Crippen LogP contribution in [0.2, 0.25) is 0 Å². The number of rotatable bonds is 14.